The quantitative estimate of drug-likeness (QED) is 0.651. The molecule has 0 amide bonds. The van der Waals surface area contributed by atoms with Crippen LogP contribution < -0.4 is 11.3 Å². The number of nitrogens with two attached hydrogens (primary N) is 1. The van der Waals surface area contributed by atoms with E-state index in [0.29, 0.717) is 12.0 Å². The number of hydrogen-bond donors (Lipinski definition) is 2. The van der Waals surface area contributed by atoms with Crippen molar-refractivity contribution in [3.8, 4) is 0 Å². The molecule has 1 saturated carbocycles. The number of hydrogen-bond acceptors (Lipinski definition) is 4. The average Bonchev–Trinajstić information content (AvgIpc) is 2.70. The second-order valence-corrected chi connectivity index (χ2v) is 7.07. The Kier molecular flexibility index (Phi) is 4.76. The van der Waals surface area contributed by atoms with E-state index in [9.17, 15) is 0 Å². The molecule has 1 aromatic rings. The average molecular weight is 267 g/mol. The molecule has 1 heterocycles. The van der Waals surface area contributed by atoms with Gasteiger partial charge in [0.15, 0.2) is 0 Å². The summed E-state index contributed by atoms with van der Waals surface area (Å²) in [5.74, 6) is 8.12. The molecule has 0 aromatic carbocycles. The Morgan fingerprint density at radius 1 is 1.39 bits per heavy atom. The molecule has 3 nitrogen and oxygen atoms in total. The molecule has 1 aliphatic rings. The van der Waals surface area contributed by atoms with Crippen LogP contribution in [0.3, 0.4) is 0 Å². The van der Waals surface area contributed by atoms with E-state index in [1.807, 2.05) is 0 Å². The number of rotatable bonds is 4. The van der Waals surface area contributed by atoms with Gasteiger partial charge in [0.2, 0.25) is 0 Å². The molecule has 18 heavy (non-hydrogen) atoms. The topological polar surface area (TPSA) is 50.9 Å². The molecule has 3 atom stereocenters. The first kappa shape index (κ1) is 14.0. The standard InChI is InChI=1S/C14H25N3S/c1-9-4-10(2)6-12(5-9)14(17-15)7-13-8-18-11(3)16-13/h8-10,12,14,17H,4-7,15H2,1-3H3. The largest absolute Gasteiger partial charge is 0.271 e. The number of nitrogens with one attached hydrogen (secondary N) is 1. The lowest BCUT2D eigenvalue weighted by molar-refractivity contribution is 0.175. The monoisotopic (exact) mass is 267 g/mol. The number of aryl methyl sites for hydroxylation is 1. The summed E-state index contributed by atoms with van der Waals surface area (Å²) in [6.07, 6.45) is 4.92. The first-order valence-electron chi connectivity index (χ1n) is 6.95. The van der Waals surface area contributed by atoms with Crippen LogP contribution in [0, 0.1) is 24.7 Å². The van der Waals surface area contributed by atoms with Crippen LogP contribution in [0.15, 0.2) is 5.38 Å². The number of nitrogens with zero attached hydrogens (tertiary/aromatic N) is 1. The predicted octanol–water partition coefficient (Wildman–Crippen LogP) is 2.90. The van der Waals surface area contributed by atoms with Crippen molar-refractivity contribution < 1.29 is 0 Å². The fraction of sp³-hybridized carbons (Fsp3) is 0.786. The van der Waals surface area contributed by atoms with E-state index in [0.717, 1.165) is 23.3 Å². The van der Waals surface area contributed by atoms with Crippen molar-refractivity contribution in [2.24, 2.45) is 23.6 Å². The van der Waals surface area contributed by atoms with Gasteiger partial charge in [-0.15, -0.1) is 11.3 Å². The Morgan fingerprint density at radius 2 is 2.06 bits per heavy atom. The Bertz CT molecular complexity index is 367. The van der Waals surface area contributed by atoms with E-state index < -0.39 is 0 Å². The first-order valence-corrected chi connectivity index (χ1v) is 7.83. The van der Waals surface area contributed by atoms with Gasteiger partial charge < -0.3 is 0 Å². The van der Waals surface area contributed by atoms with E-state index in [1.54, 1.807) is 11.3 Å². The van der Waals surface area contributed by atoms with Crippen LogP contribution in [0.1, 0.15) is 43.8 Å². The van der Waals surface area contributed by atoms with Crippen molar-refractivity contribution >= 4 is 11.3 Å². The number of hydrazine groups is 1. The Labute approximate surface area is 114 Å². The van der Waals surface area contributed by atoms with E-state index in [-0.39, 0.29) is 0 Å². The minimum Gasteiger partial charge on any atom is -0.271 e. The maximum atomic E-state index is 5.77. The molecular formula is C14H25N3S. The van der Waals surface area contributed by atoms with Crippen LogP contribution in [0.4, 0.5) is 0 Å². The summed E-state index contributed by atoms with van der Waals surface area (Å²) in [4.78, 5) is 4.55. The zero-order valence-electron chi connectivity index (χ0n) is 11.6. The van der Waals surface area contributed by atoms with Gasteiger partial charge >= 0.3 is 0 Å². The van der Waals surface area contributed by atoms with Crippen LogP contribution in [0.2, 0.25) is 0 Å². The third-order valence-electron chi connectivity index (χ3n) is 4.09. The summed E-state index contributed by atoms with van der Waals surface area (Å²) in [5, 5.41) is 3.31. The molecular weight excluding hydrogens is 242 g/mol. The predicted molar refractivity (Wildman–Crippen MR) is 77.3 cm³/mol. The van der Waals surface area contributed by atoms with Crippen LogP contribution in [-0.4, -0.2) is 11.0 Å². The Hall–Kier alpha value is -0.450. The summed E-state index contributed by atoms with van der Waals surface area (Å²) in [5.41, 5.74) is 4.22. The fourth-order valence-electron chi connectivity index (χ4n) is 3.43. The summed E-state index contributed by atoms with van der Waals surface area (Å²) in [6.45, 7) is 6.79. The molecule has 102 valence electrons. The molecule has 1 aliphatic carbocycles. The van der Waals surface area contributed by atoms with Crippen LogP contribution >= 0.6 is 11.3 Å². The maximum Gasteiger partial charge on any atom is 0.0897 e. The highest BCUT2D eigenvalue weighted by Crippen LogP contribution is 2.35. The molecule has 2 rings (SSSR count). The third kappa shape index (κ3) is 3.53. The number of thiazole rings is 1. The minimum absolute atomic E-state index is 0.372. The van der Waals surface area contributed by atoms with Gasteiger partial charge in [-0.05, 0) is 43.9 Å². The van der Waals surface area contributed by atoms with Gasteiger partial charge in [-0.25, -0.2) is 4.98 Å². The third-order valence-corrected chi connectivity index (χ3v) is 4.92. The molecule has 1 aromatic heterocycles. The molecule has 0 radical (unpaired) electrons. The first-order chi connectivity index (χ1) is 8.58. The van der Waals surface area contributed by atoms with Crippen LogP contribution in [0.5, 0.6) is 0 Å². The van der Waals surface area contributed by atoms with Gasteiger partial charge in [-0.2, -0.15) is 0 Å². The molecule has 0 bridgehead atoms. The highest BCUT2D eigenvalue weighted by Gasteiger charge is 2.29. The summed E-state index contributed by atoms with van der Waals surface area (Å²) in [7, 11) is 0. The van der Waals surface area contributed by atoms with Crippen molar-refractivity contribution in [1.29, 1.82) is 0 Å². The normalized spacial score (nSPS) is 30.3. The SMILES string of the molecule is Cc1nc(CC(NN)C2CC(C)CC(C)C2)cs1. The Balaban J connectivity index is 1.99. The zero-order valence-corrected chi connectivity index (χ0v) is 12.5. The molecule has 1 fully saturated rings. The summed E-state index contributed by atoms with van der Waals surface area (Å²) in [6, 6.07) is 0.372. The lowest BCUT2D eigenvalue weighted by Crippen LogP contribution is -2.44. The highest BCUT2D eigenvalue weighted by atomic mass is 32.1. The summed E-state index contributed by atoms with van der Waals surface area (Å²) >= 11 is 1.72. The molecule has 0 spiro atoms. The maximum absolute atomic E-state index is 5.77. The zero-order chi connectivity index (χ0) is 13.1. The summed E-state index contributed by atoms with van der Waals surface area (Å²) < 4.78 is 0. The second-order valence-electron chi connectivity index (χ2n) is 6.01. The van der Waals surface area contributed by atoms with Gasteiger partial charge in [0.1, 0.15) is 0 Å². The minimum atomic E-state index is 0.372. The molecule has 0 saturated heterocycles. The van der Waals surface area contributed by atoms with Gasteiger partial charge in [-0.3, -0.25) is 11.3 Å². The van der Waals surface area contributed by atoms with E-state index >= 15 is 0 Å². The Morgan fingerprint density at radius 3 is 2.56 bits per heavy atom. The smallest absolute Gasteiger partial charge is 0.0897 e. The lowest BCUT2D eigenvalue weighted by atomic mass is 9.73. The molecule has 3 unspecified atom stereocenters. The molecule has 0 aliphatic heterocycles. The van der Waals surface area contributed by atoms with Gasteiger partial charge in [0.25, 0.3) is 0 Å². The molecule has 4 heteroatoms. The van der Waals surface area contributed by atoms with Crippen molar-refractivity contribution in [2.45, 2.75) is 52.5 Å². The molecule has 3 N–H and O–H groups in total. The van der Waals surface area contributed by atoms with Crippen molar-refractivity contribution in [1.82, 2.24) is 10.4 Å². The number of aromatic nitrogens is 1. The van der Waals surface area contributed by atoms with Crippen LogP contribution in [-0.2, 0) is 6.42 Å². The second kappa shape index (κ2) is 6.13. The van der Waals surface area contributed by atoms with Gasteiger partial charge in [0.05, 0.1) is 10.7 Å². The van der Waals surface area contributed by atoms with Crippen molar-refractivity contribution in [3.05, 3.63) is 16.1 Å². The van der Waals surface area contributed by atoms with Crippen LogP contribution in [0.25, 0.3) is 0 Å². The highest BCUT2D eigenvalue weighted by molar-refractivity contribution is 7.09. The van der Waals surface area contributed by atoms with Gasteiger partial charge in [-0.1, -0.05) is 13.8 Å². The van der Waals surface area contributed by atoms with Crippen molar-refractivity contribution in [2.75, 3.05) is 0 Å². The van der Waals surface area contributed by atoms with Crippen molar-refractivity contribution in [3.63, 3.8) is 0 Å². The lowest BCUT2D eigenvalue weighted by Gasteiger charge is -2.36. The van der Waals surface area contributed by atoms with Gasteiger partial charge in [0, 0.05) is 17.8 Å². The van der Waals surface area contributed by atoms with E-state index in [2.05, 4.69) is 36.6 Å². The van der Waals surface area contributed by atoms with E-state index in [4.69, 9.17) is 5.84 Å². The van der Waals surface area contributed by atoms with E-state index in [1.165, 1.54) is 25.0 Å². The fourth-order valence-corrected chi connectivity index (χ4v) is 4.05.